The van der Waals surface area contributed by atoms with Gasteiger partial charge in [0, 0.05) is 17.6 Å². The van der Waals surface area contributed by atoms with Crippen LogP contribution >= 0.6 is 0 Å². The maximum atomic E-state index is 6.36. The van der Waals surface area contributed by atoms with Crippen LogP contribution in [0.5, 0.6) is 5.75 Å². The smallest absolute Gasteiger partial charge is 0.123 e. The zero-order valence-electron chi connectivity index (χ0n) is 11.6. The Balaban J connectivity index is 2.26. The first-order valence-corrected chi connectivity index (χ1v) is 6.80. The molecule has 1 saturated heterocycles. The largest absolute Gasteiger partial charge is 0.496 e. The zero-order valence-corrected chi connectivity index (χ0v) is 11.6. The van der Waals surface area contributed by atoms with Crippen molar-refractivity contribution in [2.75, 3.05) is 13.7 Å². The number of nitrogens with one attached hydrogen (secondary N) is 1. The molecule has 2 atom stereocenters. The van der Waals surface area contributed by atoms with Crippen molar-refractivity contribution < 1.29 is 4.74 Å². The van der Waals surface area contributed by atoms with Crippen LogP contribution in [0, 0.1) is 0 Å². The van der Waals surface area contributed by atoms with E-state index in [1.165, 1.54) is 12.0 Å². The Kier molecular flexibility index (Phi) is 4.25. The van der Waals surface area contributed by atoms with Crippen molar-refractivity contribution in [1.82, 2.24) is 5.32 Å². The normalized spacial score (nSPS) is 21.3. The highest BCUT2D eigenvalue weighted by Crippen LogP contribution is 2.31. The van der Waals surface area contributed by atoms with Crippen LogP contribution in [0.1, 0.15) is 49.8 Å². The number of hydrogen-bond donors (Lipinski definition) is 2. The molecule has 1 aliphatic heterocycles. The molecule has 0 aliphatic carbocycles. The molecule has 3 heteroatoms. The van der Waals surface area contributed by atoms with Gasteiger partial charge in [-0.3, -0.25) is 0 Å². The van der Waals surface area contributed by atoms with E-state index in [0.29, 0.717) is 12.0 Å². The zero-order chi connectivity index (χ0) is 13.1. The highest BCUT2D eigenvalue weighted by Gasteiger charge is 2.25. The average Bonchev–Trinajstić information content (AvgIpc) is 2.90. The quantitative estimate of drug-likeness (QED) is 0.861. The molecule has 0 radical (unpaired) electrons. The predicted molar refractivity (Wildman–Crippen MR) is 75.0 cm³/mol. The van der Waals surface area contributed by atoms with Gasteiger partial charge >= 0.3 is 0 Å². The van der Waals surface area contributed by atoms with E-state index in [0.717, 1.165) is 24.3 Å². The van der Waals surface area contributed by atoms with Crippen molar-refractivity contribution in [1.29, 1.82) is 0 Å². The van der Waals surface area contributed by atoms with Crippen molar-refractivity contribution >= 4 is 0 Å². The lowest BCUT2D eigenvalue weighted by atomic mass is 9.94. The summed E-state index contributed by atoms with van der Waals surface area (Å²) in [5.74, 6) is 1.43. The fourth-order valence-corrected chi connectivity index (χ4v) is 2.60. The van der Waals surface area contributed by atoms with Crippen molar-refractivity contribution in [3.8, 4) is 5.75 Å². The first-order chi connectivity index (χ1) is 8.63. The summed E-state index contributed by atoms with van der Waals surface area (Å²) in [5, 5.41) is 3.46. The lowest BCUT2D eigenvalue weighted by Gasteiger charge is -2.22. The summed E-state index contributed by atoms with van der Waals surface area (Å²) in [4.78, 5) is 0. The van der Waals surface area contributed by atoms with Crippen LogP contribution in [0.4, 0.5) is 0 Å². The van der Waals surface area contributed by atoms with Crippen LogP contribution in [0.25, 0.3) is 0 Å². The summed E-state index contributed by atoms with van der Waals surface area (Å²) in [6.07, 6.45) is 2.36. The van der Waals surface area contributed by atoms with E-state index in [9.17, 15) is 0 Å². The fraction of sp³-hybridized carbons (Fsp3) is 0.600. The van der Waals surface area contributed by atoms with Gasteiger partial charge in [0.1, 0.15) is 5.75 Å². The van der Waals surface area contributed by atoms with Gasteiger partial charge in [0.2, 0.25) is 0 Å². The molecule has 100 valence electrons. The summed E-state index contributed by atoms with van der Waals surface area (Å²) in [6, 6.07) is 6.80. The minimum atomic E-state index is 0.0173. The summed E-state index contributed by atoms with van der Waals surface area (Å²) >= 11 is 0. The molecule has 1 aromatic rings. The van der Waals surface area contributed by atoms with E-state index in [2.05, 4.69) is 37.4 Å². The molecule has 1 fully saturated rings. The molecule has 2 unspecified atom stereocenters. The Bertz CT molecular complexity index is 397. The topological polar surface area (TPSA) is 47.3 Å². The third-order valence-corrected chi connectivity index (χ3v) is 3.82. The molecular weight excluding hydrogens is 224 g/mol. The SMILES string of the molecule is COc1cc(C(C)C)ccc1C(N)C1CCCN1. The lowest BCUT2D eigenvalue weighted by molar-refractivity contribution is 0.396. The van der Waals surface area contributed by atoms with Crippen molar-refractivity contribution in [3.63, 3.8) is 0 Å². The third kappa shape index (κ3) is 2.68. The molecule has 0 saturated carbocycles. The Morgan fingerprint density at radius 1 is 1.39 bits per heavy atom. The second kappa shape index (κ2) is 5.72. The molecule has 0 amide bonds. The number of nitrogens with two attached hydrogens (primary N) is 1. The Labute approximate surface area is 110 Å². The first kappa shape index (κ1) is 13.4. The van der Waals surface area contributed by atoms with Gasteiger partial charge in [0.25, 0.3) is 0 Å². The Morgan fingerprint density at radius 3 is 2.72 bits per heavy atom. The highest BCUT2D eigenvalue weighted by molar-refractivity contribution is 5.41. The maximum Gasteiger partial charge on any atom is 0.123 e. The molecule has 0 spiro atoms. The molecule has 0 bridgehead atoms. The van der Waals surface area contributed by atoms with Gasteiger partial charge in [-0.1, -0.05) is 26.0 Å². The molecule has 1 aliphatic rings. The van der Waals surface area contributed by atoms with E-state index < -0.39 is 0 Å². The molecule has 2 rings (SSSR count). The van der Waals surface area contributed by atoms with Gasteiger partial charge in [-0.15, -0.1) is 0 Å². The van der Waals surface area contributed by atoms with Gasteiger partial charge in [0.15, 0.2) is 0 Å². The first-order valence-electron chi connectivity index (χ1n) is 6.80. The summed E-state index contributed by atoms with van der Waals surface area (Å²) in [6.45, 7) is 5.45. The minimum absolute atomic E-state index is 0.0173. The fourth-order valence-electron chi connectivity index (χ4n) is 2.60. The molecule has 3 nitrogen and oxygen atoms in total. The van der Waals surface area contributed by atoms with E-state index in [1.54, 1.807) is 7.11 Å². The second-order valence-corrected chi connectivity index (χ2v) is 5.38. The van der Waals surface area contributed by atoms with E-state index in [-0.39, 0.29) is 6.04 Å². The minimum Gasteiger partial charge on any atom is -0.496 e. The lowest BCUT2D eigenvalue weighted by Crippen LogP contribution is -2.34. The predicted octanol–water partition coefficient (Wildman–Crippen LogP) is 2.57. The van der Waals surface area contributed by atoms with Crippen LogP contribution in [0.15, 0.2) is 18.2 Å². The van der Waals surface area contributed by atoms with Crippen LogP contribution in [-0.4, -0.2) is 19.7 Å². The molecule has 1 aromatic carbocycles. The maximum absolute atomic E-state index is 6.36. The molecule has 1 heterocycles. The van der Waals surface area contributed by atoms with Gasteiger partial charge in [-0.25, -0.2) is 0 Å². The summed E-state index contributed by atoms with van der Waals surface area (Å²) < 4.78 is 5.51. The summed E-state index contributed by atoms with van der Waals surface area (Å²) in [5.41, 5.74) is 8.77. The number of rotatable bonds is 4. The molecule has 0 aromatic heterocycles. The van der Waals surface area contributed by atoms with E-state index in [1.807, 2.05) is 0 Å². The molecular formula is C15H24N2O. The number of ether oxygens (including phenoxy) is 1. The number of benzene rings is 1. The van der Waals surface area contributed by atoms with Crippen LogP contribution < -0.4 is 15.8 Å². The van der Waals surface area contributed by atoms with E-state index >= 15 is 0 Å². The van der Waals surface area contributed by atoms with Gasteiger partial charge in [0.05, 0.1) is 7.11 Å². The second-order valence-electron chi connectivity index (χ2n) is 5.38. The van der Waals surface area contributed by atoms with Crippen molar-refractivity contribution in [2.45, 2.75) is 44.7 Å². The van der Waals surface area contributed by atoms with Gasteiger partial charge in [-0.05, 0) is 36.9 Å². The Hall–Kier alpha value is -1.06. The summed E-state index contributed by atoms with van der Waals surface area (Å²) in [7, 11) is 1.72. The number of methoxy groups -OCH3 is 1. The monoisotopic (exact) mass is 248 g/mol. The average molecular weight is 248 g/mol. The standard InChI is InChI=1S/C15H24N2O/c1-10(2)11-6-7-12(14(9-11)18-3)15(16)13-5-4-8-17-13/h6-7,9-10,13,15,17H,4-5,8,16H2,1-3H3. The number of hydrogen-bond acceptors (Lipinski definition) is 3. The molecule has 18 heavy (non-hydrogen) atoms. The van der Waals surface area contributed by atoms with E-state index in [4.69, 9.17) is 10.5 Å². The van der Waals surface area contributed by atoms with Crippen molar-refractivity contribution in [3.05, 3.63) is 29.3 Å². The molecule has 3 N–H and O–H groups in total. The van der Waals surface area contributed by atoms with Crippen LogP contribution in [0.3, 0.4) is 0 Å². The van der Waals surface area contributed by atoms with Crippen LogP contribution in [-0.2, 0) is 0 Å². The third-order valence-electron chi connectivity index (χ3n) is 3.82. The van der Waals surface area contributed by atoms with Gasteiger partial charge < -0.3 is 15.8 Å². The van der Waals surface area contributed by atoms with Crippen molar-refractivity contribution in [2.24, 2.45) is 5.73 Å². The van der Waals surface area contributed by atoms with Gasteiger partial charge in [-0.2, -0.15) is 0 Å². The Morgan fingerprint density at radius 2 is 2.17 bits per heavy atom. The van der Waals surface area contributed by atoms with Crippen LogP contribution in [0.2, 0.25) is 0 Å². The highest BCUT2D eigenvalue weighted by atomic mass is 16.5.